The van der Waals surface area contributed by atoms with Gasteiger partial charge in [0, 0.05) is 23.7 Å². The van der Waals surface area contributed by atoms with E-state index in [1.165, 1.54) is 0 Å². The molecule has 2 aromatic heterocycles. The van der Waals surface area contributed by atoms with Crippen molar-refractivity contribution in [1.82, 2.24) is 25.5 Å². The summed E-state index contributed by atoms with van der Waals surface area (Å²) in [4.78, 5) is 12.6. The molecule has 9 heteroatoms. The van der Waals surface area contributed by atoms with Crippen molar-refractivity contribution in [2.75, 3.05) is 13.2 Å². The van der Waals surface area contributed by atoms with Crippen LogP contribution in [0.2, 0.25) is 5.02 Å². The first-order valence-corrected chi connectivity index (χ1v) is 10.5. The number of hydrogen-bond donors (Lipinski definition) is 1. The van der Waals surface area contributed by atoms with Crippen LogP contribution in [0, 0.1) is 6.92 Å². The van der Waals surface area contributed by atoms with E-state index in [0.717, 1.165) is 41.6 Å². The molecule has 1 atom stereocenters. The Morgan fingerprint density at radius 1 is 1.26 bits per heavy atom. The van der Waals surface area contributed by atoms with Gasteiger partial charge in [-0.2, -0.15) is 0 Å². The number of benzene rings is 2. The van der Waals surface area contributed by atoms with Crippen molar-refractivity contribution in [1.29, 1.82) is 0 Å². The van der Waals surface area contributed by atoms with Gasteiger partial charge in [-0.05, 0) is 62.2 Å². The summed E-state index contributed by atoms with van der Waals surface area (Å²) in [6.07, 6.45) is 2.06. The van der Waals surface area contributed by atoms with Crippen LogP contribution in [-0.2, 0) is 4.74 Å². The number of amides is 1. The summed E-state index contributed by atoms with van der Waals surface area (Å²) < 4.78 is 12.8. The second kappa shape index (κ2) is 8.13. The number of hydrogen-bond acceptors (Lipinski definition) is 6. The first-order chi connectivity index (χ1) is 15.1. The highest BCUT2D eigenvalue weighted by atomic mass is 35.5. The molecule has 3 heterocycles. The molecule has 1 aliphatic rings. The normalized spacial score (nSPS) is 16.1. The molecule has 0 saturated carbocycles. The van der Waals surface area contributed by atoms with Crippen molar-refractivity contribution in [2.24, 2.45) is 0 Å². The van der Waals surface area contributed by atoms with E-state index in [0.29, 0.717) is 28.7 Å². The van der Waals surface area contributed by atoms with Gasteiger partial charge in [-0.25, -0.2) is 4.68 Å². The van der Waals surface area contributed by atoms with Crippen molar-refractivity contribution in [3.8, 4) is 17.0 Å². The largest absolute Gasteiger partial charge is 0.376 e. The van der Waals surface area contributed by atoms with E-state index >= 15 is 0 Å². The Morgan fingerprint density at radius 3 is 2.87 bits per heavy atom. The van der Waals surface area contributed by atoms with Crippen molar-refractivity contribution in [3.63, 3.8) is 0 Å². The molecule has 0 unspecified atom stereocenters. The number of rotatable bonds is 5. The molecule has 0 bridgehead atoms. The van der Waals surface area contributed by atoms with Crippen LogP contribution >= 0.6 is 11.6 Å². The maximum atomic E-state index is 12.6. The van der Waals surface area contributed by atoms with Crippen molar-refractivity contribution < 1.29 is 14.1 Å². The highest BCUT2D eigenvalue weighted by Crippen LogP contribution is 2.31. The molecule has 8 nitrogen and oxygen atoms in total. The Morgan fingerprint density at radius 2 is 2.10 bits per heavy atom. The lowest BCUT2D eigenvalue weighted by Gasteiger charge is -2.10. The van der Waals surface area contributed by atoms with Gasteiger partial charge in [0.2, 0.25) is 0 Å². The van der Waals surface area contributed by atoms with Gasteiger partial charge < -0.3 is 14.6 Å². The minimum atomic E-state index is -0.257. The topological polar surface area (TPSA) is 95.1 Å². The molecule has 0 spiro atoms. The van der Waals surface area contributed by atoms with Crippen LogP contribution in [0.5, 0.6) is 0 Å². The molecule has 1 saturated heterocycles. The van der Waals surface area contributed by atoms with Gasteiger partial charge in [0.1, 0.15) is 5.52 Å². The first kappa shape index (κ1) is 19.7. The van der Waals surface area contributed by atoms with Crippen LogP contribution in [0.15, 0.2) is 47.0 Å². The molecule has 31 heavy (non-hydrogen) atoms. The second-order valence-electron chi connectivity index (χ2n) is 7.50. The van der Waals surface area contributed by atoms with Crippen LogP contribution in [0.3, 0.4) is 0 Å². The molecule has 2 aromatic carbocycles. The van der Waals surface area contributed by atoms with Gasteiger partial charge in [0.15, 0.2) is 11.5 Å². The Hall–Kier alpha value is -3.23. The predicted octanol–water partition coefficient (Wildman–Crippen LogP) is 3.95. The van der Waals surface area contributed by atoms with E-state index in [1.807, 2.05) is 37.3 Å². The average molecular weight is 438 g/mol. The zero-order valence-corrected chi connectivity index (χ0v) is 17.6. The molecular formula is C22H20ClN5O3. The SMILES string of the molecule is Cc1c(C(=O)NC[C@H]2CCCO2)nnn1-c1ccc2noc(-c3ccc(Cl)cc3)c2c1. The number of nitrogens with one attached hydrogen (secondary N) is 1. The lowest BCUT2D eigenvalue weighted by atomic mass is 10.1. The molecule has 1 fully saturated rings. The van der Waals surface area contributed by atoms with E-state index in [9.17, 15) is 4.79 Å². The standard InChI is InChI=1S/C22H20ClN5O3/c1-13-20(22(29)24-12-17-3-2-10-30-17)25-27-28(13)16-8-9-19-18(11-16)21(31-26-19)14-4-6-15(23)7-5-14/h4-9,11,17H,2-3,10,12H2,1H3,(H,24,29)/t17-/m1/s1. The molecule has 0 aliphatic carbocycles. The number of fused-ring (bicyclic) bond motifs is 1. The maximum Gasteiger partial charge on any atom is 0.273 e. The summed E-state index contributed by atoms with van der Waals surface area (Å²) in [6, 6.07) is 13.0. The molecule has 4 aromatic rings. The highest BCUT2D eigenvalue weighted by molar-refractivity contribution is 6.30. The lowest BCUT2D eigenvalue weighted by molar-refractivity contribution is 0.0853. The van der Waals surface area contributed by atoms with E-state index in [4.69, 9.17) is 20.9 Å². The second-order valence-corrected chi connectivity index (χ2v) is 7.94. The van der Waals surface area contributed by atoms with E-state index in [2.05, 4.69) is 20.8 Å². The number of aromatic nitrogens is 4. The summed E-state index contributed by atoms with van der Waals surface area (Å²) in [7, 11) is 0. The number of ether oxygens (including phenoxy) is 1. The number of carbonyl (C=O) groups is 1. The minimum absolute atomic E-state index is 0.0709. The smallest absolute Gasteiger partial charge is 0.273 e. The van der Waals surface area contributed by atoms with Crippen LogP contribution in [0.4, 0.5) is 0 Å². The Bertz CT molecular complexity index is 1240. The third-order valence-corrected chi connectivity index (χ3v) is 5.69. The average Bonchev–Trinajstić information content (AvgIpc) is 3.52. The monoisotopic (exact) mass is 437 g/mol. The van der Waals surface area contributed by atoms with Gasteiger partial charge in [-0.15, -0.1) is 5.10 Å². The molecule has 0 radical (unpaired) electrons. The van der Waals surface area contributed by atoms with Gasteiger partial charge in [-0.3, -0.25) is 4.79 Å². The fourth-order valence-electron chi connectivity index (χ4n) is 3.75. The fraction of sp³-hybridized carbons (Fsp3) is 0.273. The predicted molar refractivity (Wildman–Crippen MR) is 115 cm³/mol. The quantitative estimate of drug-likeness (QED) is 0.508. The van der Waals surface area contributed by atoms with Crippen LogP contribution in [0.25, 0.3) is 27.9 Å². The summed E-state index contributed by atoms with van der Waals surface area (Å²) in [5.74, 6) is 0.382. The molecule has 5 rings (SSSR count). The molecule has 158 valence electrons. The molecule has 1 aliphatic heterocycles. The minimum Gasteiger partial charge on any atom is -0.376 e. The molecule has 1 amide bonds. The third-order valence-electron chi connectivity index (χ3n) is 5.43. The fourth-order valence-corrected chi connectivity index (χ4v) is 3.88. The van der Waals surface area contributed by atoms with E-state index in [1.54, 1.807) is 16.8 Å². The number of nitrogens with zero attached hydrogens (tertiary/aromatic N) is 4. The summed E-state index contributed by atoms with van der Waals surface area (Å²) in [6.45, 7) is 3.04. The van der Waals surface area contributed by atoms with Crippen molar-refractivity contribution in [3.05, 3.63) is 58.9 Å². The summed E-state index contributed by atoms with van der Waals surface area (Å²) >= 11 is 6.00. The van der Waals surface area contributed by atoms with Gasteiger partial charge in [0.05, 0.1) is 22.9 Å². The van der Waals surface area contributed by atoms with Crippen LogP contribution in [-0.4, -0.2) is 45.3 Å². The number of carbonyl (C=O) groups excluding carboxylic acids is 1. The highest BCUT2D eigenvalue weighted by Gasteiger charge is 2.21. The maximum absolute atomic E-state index is 12.6. The van der Waals surface area contributed by atoms with E-state index < -0.39 is 0 Å². The van der Waals surface area contributed by atoms with Gasteiger partial charge in [0.25, 0.3) is 5.91 Å². The summed E-state index contributed by atoms with van der Waals surface area (Å²) in [5.41, 5.74) is 3.29. The Balaban J connectivity index is 1.43. The van der Waals surface area contributed by atoms with Crippen LogP contribution < -0.4 is 5.32 Å². The van der Waals surface area contributed by atoms with Crippen molar-refractivity contribution >= 4 is 28.4 Å². The Labute approximate surface area is 183 Å². The van der Waals surface area contributed by atoms with E-state index in [-0.39, 0.29) is 12.0 Å². The Kier molecular flexibility index (Phi) is 5.17. The zero-order valence-electron chi connectivity index (χ0n) is 16.8. The first-order valence-electron chi connectivity index (χ1n) is 10.1. The lowest BCUT2D eigenvalue weighted by Crippen LogP contribution is -2.32. The van der Waals surface area contributed by atoms with Gasteiger partial charge >= 0.3 is 0 Å². The molecular weight excluding hydrogens is 418 g/mol. The number of halogens is 1. The third kappa shape index (κ3) is 3.80. The van der Waals surface area contributed by atoms with Crippen LogP contribution in [0.1, 0.15) is 29.0 Å². The molecule has 1 N–H and O–H groups in total. The summed E-state index contributed by atoms with van der Waals surface area (Å²) in [5, 5.41) is 16.8. The van der Waals surface area contributed by atoms with Crippen molar-refractivity contribution in [2.45, 2.75) is 25.9 Å². The zero-order chi connectivity index (χ0) is 21.4. The van der Waals surface area contributed by atoms with Gasteiger partial charge in [-0.1, -0.05) is 22.0 Å².